The maximum absolute atomic E-state index is 10.4. The highest BCUT2D eigenvalue weighted by molar-refractivity contribution is 5.33. The Morgan fingerprint density at radius 2 is 2.00 bits per heavy atom. The second kappa shape index (κ2) is 5.46. The van der Waals surface area contributed by atoms with Crippen molar-refractivity contribution in [3.05, 3.63) is 39.9 Å². The normalized spacial score (nSPS) is 12.4. The smallest absolute Gasteiger partial charge is 0.269 e. The van der Waals surface area contributed by atoms with Crippen molar-refractivity contribution >= 4 is 5.69 Å². The molecule has 0 aliphatic heterocycles. The number of non-ortho nitro benzene ring substituents is 1. The third-order valence-electron chi connectivity index (χ3n) is 2.53. The first-order valence-electron chi connectivity index (χ1n) is 5.08. The van der Waals surface area contributed by atoms with Crippen LogP contribution in [-0.2, 0) is 6.42 Å². The van der Waals surface area contributed by atoms with Crippen molar-refractivity contribution in [1.29, 1.82) is 0 Å². The molecule has 0 amide bonds. The van der Waals surface area contributed by atoms with E-state index in [2.05, 4.69) is 12.2 Å². The van der Waals surface area contributed by atoms with Gasteiger partial charge < -0.3 is 5.32 Å². The van der Waals surface area contributed by atoms with Crippen LogP contribution in [0.25, 0.3) is 0 Å². The molecule has 1 aromatic rings. The van der Waals surface area contributed by atoms with Crippen LogP contribution in [0.2, 0.25) is 0 Å². The Balaban J connectivity index is 2.67. The van der Waals surface area contributed by atoms with E-state index in [9.17, 15) is 10.1 Å². The summed E-state index contributed by atoms with van der Waals surface area (Å²) in [5, 5.41) is 13.6. The lowest BCUT2D eigenvalue weighted by Crippen LogP contribution is -2.26. The monoisotopic (exact) mass is 208 g/mol. The molecule has 4 heteroatoms. The molecule has 0 aliphatic rings. The van der Waals surface area contributed by atoms with Crippen LogP contribution in [0.1, 0.15) is 18.9 Å². The first-order chi connectivity index (χ1) is 7.17. The van der Waals surface area contributed by atoms with Crippen molar-refractivity contribution in [3.63, 3.8) is 0 Å². The molecule has 4 nitrogen and oxygen atoms in total. The first-order valence-corrected chi connectivity index (χ1v) is 5.08. The fourth-order valence-corrected chi connectivity index (χ4v) is 1.49. The van der Waals surface area contributed by atoms with E-state index in [1.807, 2.05) is 19.2 Å². The molecule has 0 saturated heterocycles. The van der Waals surface area contributed by atoms with Gasteiger partial charge in [-0.1, -0.05) is 19.1 Å². The van der Waals surface area contributed by atoms with Crippen molar-refractivity contribution in [3.8, 4) is 0 Å². The third kappa shape index (κ3) is 3.32. The summed E-state index contributed by atoms with van der Waals surface area (Å²) in [6.45, 7) is 2.12. The molecule has 82 valence electrons. The zero-order chi connectivity index (χ0) is 11.3. The Kier molecular flexibility index (Phi) is 4.24. The lowest BCUT2D eigenvalue weighted by atomic mass is 10.0. The van der Waals surface area contributed by atoms with E-state index >= 15 is 0 Å². The Labute approximate surface area is 89.5 Å². The van der Waals surface area contributed by atoms with E-state index in [1.165, 1.54) is 0 Å². The molecule has 1 rings (SSSR count). The fourth-order valence-electron chi connectivity index (χ4n) is 1.49. The van der Waals surface area contributed by atoms with Crippen LogP contribution >= 0.6 is 0 Å². The molecule has 1 unspecified atom stereocenters. The summed E-state index contributed by atoms with van der Waals surface area (Å²) in [4.78, 5) is 10.1. The maximum atomic E-state index is 10.4. The number of rotatable bonds is 5. The van der Waals surface area contributed by atoms with E-state index in [-0.39, 0.29) is 10.6 Å². The van der Waals surface area contributed by atoms with Crippen LogP contribution in [-0.4, -0.2) is 18.0 Å². The summed E-state index contributed by atoms with van der Waals surface area (Å²) in [5.41, 5.74) is 1.28. The van der Waals surface area contributed by atoms with Gasteiger partial charge in [-0.2, -0.15) is 0 Å². The third-order valence-corrected chi connectivity index (χ3v) is 2.53. The lowest BCUT2D eigenvalue weighted by molar-refractivity contribution is -0.384. The summed E-state index contributed by atoms with van der Waals surface area (Å²) < 4.78 is 0. The number of likely N-dealkylation sites (N-methyl/N-ethyl adjacent to an activating group) is 1. The van der Waals surface area contributed by atoms with Gasteiger partial charge in [0.05, 0.1) is 4.92 Å². The Hall–Kier alpha value is -1.42. The van der Waals surface area contributed by atoms with Crippen molar-refractivity contribution in [2.45, 2.75) is 25.8 Å². The molecule has 0 aliphatic carbocycles. The summed E-state index contributed by atoms with van der Waals surface area (Å²) in [7, 11) is 1.93. The van der Waals surface area contributed by atoms with Crippen LogP contribution in [0.4, 0.5) is 5.69 Å². The Morgan fingerprint density at radius 3 is 2.40 bits per heavy atom. The largest absolute Gasteiger partial charge is 0.317 e. The summed E-state index contributed by atoms with van der Waals surface area (Å²) in [6, 6.07) is 7.18. The molecule has 0 bridgehead atoms. The minimum absolute atomic E-state index is 0.149. The average Bonchev–Trinajstić information content (AvgIpc) is 2.26. The predicted molar refractivity (Wildman–Crippen MR) is 59.9 cm³/mol. The second-order valence-electron chi connectivity index (χ2n) is 3.52. The van der Waals surface area contributed by atoms with E-state index < -0.39 is 0 Å². The van der Waals surface area contributed by atoms with Crippen molar-refractivity contribution in [2.24, 2.45) is 0 Å². The van der Waals surface area contributed by atoms with E-state index in [0.717, 1.165) is 18.4 Å². The van der Waals surface area contributed by atoms with Crippen molar-refractivity contribution in [1.82, 2.24) is 5.32 Å². The number of nitro benzene ring substituents is 1. The van der Waals surface area contributed by atoms with Crippen LogP contribution in [0, 0.1) is 10.1 Å². The second-order valence-corrected chi connectivity index (χ2v) is 3.52. The number of hydrogen-bond donors (Lipinski definition) is 1. The Morgan fingerprint density at radius 1 is 1.40 bits per heavy atom. The zero-order valence-electron chi connectivity index (χ0n) is 9.06. The zero-order valence-corrected chi connectivity index (χ0v) is 9.06. The van der Waals surface area contributed by atoms with Gasteiger partial charge in [0, 0.05) is 18.2 Å². The van der Waals surface area contributed by atoms with Gasteiger partial charge in [0.1, 0.15) is 0 Å². The molecule has 1 N–H and O–H groups in total. The minimum atomic E-state index is -0.376. The van der Waals surface area contributed by atoms with Crippen molar-refractivity contribution in [2.75, 3.05) is 7.05 Å². The minimum Gasteiger partial charge on any atom is -0.317 e. The Bertz CT molecular complexity index is 318. The number of nitrogens with one attached hydrogen (secondary N) is 1. The SMILES string of the molecule is CCC(Cc1ccc([N+](=O)[O-])cc1)NC. The molecule has 15 heavy (non-hydrogen) atoms. The molecule has 0 fully saturated rings. The topological polar surface area (TPSA) is 55.2 Å². The number of nitrogens with zero attached hydrogens (tertiary/aromatic N) is 1. The maximum Gasteiger partial charge on any atom is 0.269 e. The number of nitro groups is 1. The summed E-state index contributed by atoms with van der Waals surface area (Å²) in [6.07, 6.45) is 1.96. The molecular formula is C11H16N2O2. The van der Waals surface area contributed by atoms with Gasteiger partial charge in [-0.05, 0) is 25.5 Å². The molecule has 1 aromatic carbocycles. The van der Waals surface area contributed by atoms with Gasteiger partial charge in [-0.3, -0.25) is 10.1 Å². The molecule has 0 spiro atoms. The van der Waals surface area contributed by atoms with E-state index in [0.29, 0.717) is 6.04 Å². The molecule has 0 radical (unpaired) electrons. The number of benzene rings is 1. The standard InChI is InChI=1S/C11H16N2O2/c1-3-10(12-2)8-9-4-6-11(7-5-9)13(14)15/h4-7,10,12H,3,8H2,1-2H3. The van der Waals surface area contributed by atoms with Crippen LogP contribution in [0.3, 0.4) is 0 Å². The predicted octanol–water partition coefficient (Wildman–Crippen LogP) is 2.14. The number of hydrogen-bond acceptors (Lipinski definition) is 3. The quantitative estimate of drug-likeness (QED) is 0.595. The summed E-state index contributed by atoms with van der Waals surface area (Å²) in [5.74, 6) is 0. The van der Waals surface area contributed by atoms with Gasteiger partial charge >= 0.3 is 0 Å². The lowest BCUT2D eigenvalue weighted by Gasteiger charge is -2.13. The highest BCUT2D eigenvalue weighted by Gasteiger charge is 2.07. The van der Waals surface area contributed by atoms with Gasteiger partial charge in [0.25, 0.3) is 5.69 Å². The molecule has 0 aromatic heterocycles. The van der Waals surface area contributed by atoms with Gasteiger partial charge in [0.15, 0.2) is 0 Å². The van der Waals surface area contributed by atoms with Gasteiger partial charge in [-0.25, -0.2) is 0 Å². The highest BCUT2D eigenvalue weighted by atomic mass is 16.6. The van der Waals surface area contributed by atoms with Gasteiger partial charge in [0.2, 0.25) is 0 Å². The van der Waals surface area contributed by atoms with E-state index in [1.54, 1.807) is 12.1 Å². The molecular weight excluding hydrogens is 192 g/mol. The molecule has 0 heterocycles. The first kappa shape index (κ1) is 11.7. The highest BCUT2D eigenvalue weighted by Crippen LogP contribution is 2.13. The van der Waals surface area contributed by atoms with Gasteiger partial charge in [-0.15, -0.1) is 0 Å². The summed E-state index contributed by atoms with van der Waals surface area (Å²) >= 11 is 0. The van der Waals surface area contributed by atoms with E-state index in [4.69, 9.17) is 0 Å². The molecule has 0 saturated carbocycles. The van der Waals surface area contributed by atoms with Crippen LogP contribution in [0.15, 0.2) is 24.3 Å². The fraction of sp³-hybridized carbons (Fsp3) is 0.455. The van der Waals surface area contributed by atoms with Crippen LogP contribution < -0.4 is 5.32 Å². The van der Waals surface area contributed by atoms with Crippen molar-refractivity contribution < 1.29 is 4.92 Å². The molecule has 1 atom stereocenters. The average molecular weight is 208 g/mol. The van der Waals surface area contributed by atoms with Crippen LogP contribution in [0.5, 0.6) is 0 Å².